The maximum absolute atomic E-state index is 13.0. The number of hydrogen-bond donors (Lipinski definition) is 2. The number of benzene rings is 2. The van der Waals surface area contributed by atoms with Crippen molar-refractivity contribution in [3.05, 3.63) is 63.5 Å². The molecule has 3 rings (SSSR count). The maximum atomic E-state index is 13.0. The molecule has 1 unspecified atom stereocenters. The van der Waals surface area contributed by atoms with Crippen molar-refractivity contribution < 1.29 is 29.0 Å². The Bertz CT molecular complexity index is 1170. The number of thioether (sulfide) groups is 1. The third kappa shape index (κ3) is 6.97. The van der Waals surface area contributed by atoms with Crippen LogP contribution in [0.1, 0.15) is 30.9 Å². The molecule has 2 aromatic carbocycles. The van der Waals surface area contributed by atoms with Crippen LogP contribution in [0.4, 0.5) is 0 Å². The van der Waals surface area contributed by atoms with Crippen molar-refractivity contribution in [2.24, 2.45) is 5.73 Å². The molecule has 0 spiro atoms. The van der Waals surface area contributed by atoms with Crippen LogP contribution in [0.25, 0.3) is 6.08 Å². The van der Waals surface area contributed by atoms with Gasteiger partial charge in [0.1, 0.15) is 17.0 Å². The van der Waals surface area contributed by atoms with Gasteiger partial charge in [0.25, 0.3) is 5.91 Å². The average Bonchev–Trinajstić information content (AvgIpc) is 3.07. The van der Waals surface area contributed by atoms with Gasteiger partial charge in [0.05, 0.1) is 11.5 Å². The smallest absolute Gasteiger partial charge is 0.326 e. The summed E-state index contributed by atoms with van der Waals surface area (Å²) in [5, 5.41) is 10.2. The Balaban J connectivity index is 1.80. The number of nitrogens with two attached hydrogens (primary N) is 1. The lowest BCUT2D eigenvalue weighted by Gasteiger charge is -2.22. The first kappa shape index (κ1) is 26.5. The van der Waals surface area contributed by atoms with E-state index in [0.717, 1.165) is 22.2 Å². The fourth-order valence-corrected chi connectivity index (χ4v) is 4.77. The van der Waals surface area contributed by atoms with Gasteiger partial charge in [-0.1, -0.05) is 53.8 Å². The SMILES string of the molecule is CCOc1cc(/C=C2\SC(=S)N(C(CCC(N)=O)C(=O)O)C2=O)ccc1OCc1ccc(Cl)cc1. The van der Waals surface area contributed by atoms with Gasteiger partial charge in [-0.15, -0.1) is 0 Å². The van der Waals surface area contributed by atoms with Gasteiger partial charge in [-0.05, 0) is 54.8 Å². The minimum Gasteiger partial charge on any atom is -0.490 e. The van der Waals surface area contributed by atoms with Gasteiger partial charge in [-0.2, -0.15) is 0 Å². The molecule has 35 heavy (non-hydrogen) atoms. The highest BCUT2D eigenvalue weighted by Gasteiger charge is 2.40. The van der Waals surface area contributed by atoms with Crippen LogP contribution in [0.3, 0.4) is 0 Å². The van der Waals surface area contributed by atoms with Crippen molar-refractivity contribution in [3.8, 4) is 11.5 Å². The van der Waals surface area contributed by atoms with Gasteiger partial charge in [0.15, 0.2) is 11.5 Å². The predicted molar refractivity (Wildman–Crippen MR) is 138 cm³/mol. The van der Waals surface area contributed by atoms with Crippen molar-refractivity contribution in [1.82, 2.24) is 4.90 Å². The van der Waals surface area contributed by atoms with Crippen molar-refractivity contribution in [2.45, 2.75) is 32.4 Å². The zero-order valence-electron chi connectivity index (χ0n) is 18.7. The molecule has 1 fully saturated rings. The topological polar surface area (TPSA) is 119 Å². The lowest BCUT2D eigenvalue weighted by atomic mass is 10.1. The van der Waals surface area contributed by atoms with Crippen LogP contribution in [-0.4, -0.2) is 44.8 Å². The highest BCUT2D eigenvalue weighted by atomic mass is 35.5. The molecule has 1 atom stereocenters. The summed E-state index contributed by atoms with van der Waals surface area (Å²) in [7, 11) is 0. The van der Waals surface area contributed by atoms with E-state index in [1.54, 1.807) is 36.4 Å². The summed E-state index contributed by atoms with van der Waals surface area (Å²) in [5.41, 5.74) is 6.73. The highest BCUT2D eigenvalue weighted by molar-refractivity contribution is 8.26. The molecule has 1 aliphatic heterocycles. The van der Waals surface area contributed by atoms with E-state index in [1.807, 2.05) is 19.1 Å². The summed E-state index contributed by atoms with van der Waals surface area (Å²) in [6, 6.07) is 11.3. The first-order valence-corrected chi connectivity index (χ1v) is 12.2. The summed E-state index contributed by atoms with van der Waals surface area (Å²) in [6.45, 7) is 2.57. The molecule has 0 saturated carbocycles. The lowest BCUT2D eigenvalue weighted by Crippen LogP contribution is -2.44. The number of rotatable bonds is 11. The Morgan fingerprint density at radius 2 is 1.91 bits per heavy atom. The number of carboxylic acids is 1. The number of primary amides is 1. The van der Waals surface area contributed by atoms with E-state index in [4.69, 9.17) is 39.0 Å². The number of amides is 2. The molecular weight excluding hydrogens is 512 g/mol. The first-order valence-electron chi connectivity index (χ1n) is 10.6. The molecule has 184 valence electrons. The highest BCUT2D eigenvalue weighted by Crippen LogP contribution is 2.36. The van der Waals surface area contributed by atoms with E-state index in [2.05, 4.69) is 0 Å². The molecule has 0 aromatic heterocycles. The number of thiocarbonyl (C=S) groups is 1. The molecule has 2 aromatic rings. The van der Waals surface area contributed by atoms with Crippen LogP contribution in [0.2, 0.25) is 5.02 Å². The maximum Gasteiger partial charge on any atom is 0.326 e. The fraction of sp³-hybridized carbons (Fsp3) is 0.250. The summed E-state index contributed by atoms with van der Waals surface area (Å²) < 4.78 is 11.7. The third-order valence-corrected chi connectivity index (χ3v) is 6.54. The van der Waals surface area contributed by atoms with Crippen molar-refractivity contribution in [3.63, 3.8) is 0 Å². The number of carbonyl (C=O) groups excluding carboxylic acids is 2. The molecule has 1 heterocycles. The Morgan fingerprint density at radius 3 is 2.54 bits per heavy atom. The summed E-state index contributed by atoms with van der Waals surface area (Å²) in [5.74, 6) is -1.43. The van der Waals surface area contributed by atoms with Crippen molar-refractivity contribution >= 4 is 63.8 Å². The first-order chi connectivity index (χ1) is 16.7. The number of aliphatic carboxylic acids is 1. The van der Waals surface area contributed by atoms with E-state index in [1.165, 1.54) is 0 Å². The van der Waals surface area contributed by atoms with Gasteiger partial charge >= 0.3 is 5.97 Å². The van der Waals surface area contributed by atoms with Crippen LogP contribution >= 0.6 is 35.6 Å². The molecule has 3 N–H and O–H groups in total. The van der Waals surface area contributed by atoms with E-state index < -0.39 is 23.8 Å². The second kappa shape index (κ2) is 12.1. The number of ether oxygens (including phenoxy) is 2. The molecule has 8 nitrogen and oxygen atoms in total. The molecule has 1 aliphatic rings. The molecule has 0 bridgehead atoms. The van der Waals surface area contributed by atoms with E-state index in [9.17, 15) is 19.5 Å². The Labute approximate surface area is 217 Å². The molecular formula is C24H23ClN2O6S2. The van der Waals surface area contributed by atoms with Crippen molar-refractivity contribution in [2.75, 3.05) is 6.61 Å². The lowest BCUT2D eigenvalue weighted by molar-refractivity contribution is -0.145. The number of carbonyl (C=O) groups is 3. The predicted octanol–water partition coefficient (Wildman–Crippen LogP) is 4.24. The zero-order valence-corrected chi connectivity index (χ0v) is 21.1. The summed E-state index contributed by atoms with van der Waals surface area (Å²) in [4.78, 5) is 37.1. The van der Waals surface area contributed by atoms with Crippen LogP contribution in [-0.2, 0) is 21.0 Å². The second-order valence-electron chi connectivity index (χ2n) is 7.47. The molecule has 2 amide bonds. The Kier molecular flexibility index (Phi) is 9.13. The minimum atomic E-state index is -1.27. The molecule has 1 saturated heterocycles. The van der Waals surface area contributed by atoms with Crippen LogP contribution in [0.5, 0.6) is 11.5 Å². The van der Waals surface area contributed by atoms with Crippen molar-refractivity contribution in [1.29, 1.82) is 0 Å². The Hall–Kier alpha value is -3.08. The number of hydrogen-bond acceptors (Lipinski definition) is 7. The van der Waals surface area contributed by atoms with Crippen LogP contribution < -0.4 is 15.2 Å². The quantitative estimate of drug-likeness (QED) is 0.324. The largest absolute Gasteiger partial charge is 0.490 e. The second-order valence-corrected chi connectivity index (χ2v) is 9.58. The normalized spacial score (nSPS) is 15.4. The minimum absolute atomic E-state index is 0.103. The van der Waals surface area contributed by atoms with Gasteiger partial charge in [0.2, 0.25) is 5.91 Å². The van der Waals surface area contributed by atoms with Gasteiger partial charge in [-0.3, -0.25) is 14.5 Å². The molecule has 0 radical (unpaired) electrons. The summed E-state index contributed by atoms with van der Waals surface area (Å²) in [6.07, 6.45) is 1.30. The standard InChI is InChI=1S/C24H23ClN2O6S2/c1-2-32-19-11-15(5-9-18(19)33-13-14-3-6-16(25)7-4-14)12-20-22(29)27(24(34)35-20)17(23(30)31)8-10-21(26)28/h3-7,9,11-12,17H,2,8,10,13H2,1H3,(H2,26,28)(H,30,31)/b20-12-. The average molecular weight is 535 g/mol. The van der Waals surface area contributed by atoms with E-state index in [0.29, 0.717) is 35.3 Å². The number of nitrogens with zero attached hydrogens (tertiary/aromatic N) is 1. The van der Waals surface area contributed by atoms with Gasteiger partial charge < -0.3 is 20.3 Å². The molecule has 11 heteroatoms. The van der Waals surface area contributed by atoms with Crippen LogP contribution in [0.15, 0.2) is 47.4 Å². The third-order valence-electron chi connectivity index (χ3n) is 4.96. The zero-order chi connectivity index (χ0) is 25.5. The van der Waals surface area contributed by atoms with Crippen LogP contribution in [0, 0.1) is 0 Å². The van der Waals surface area contributed by atoms with Gasteiger partial charge in [0, 0.05) is 11.4 Å². The number of halogens is 1. The monoisotopic (exact) mass is 534 g/mol. The Morgan fingerprint density at radius 1 is 1.20 bits per heavy atom. The van der Waals surface area contributed by atoms with E-state index in [-0.39, 0.29) is 22.1 Å². The number of carboxylic acid groups (broad SMARTS) is 1. The van der Waals surface area contributed by atoms with Gasteiger partial charge in [-0.25, -0.2) is 4.79 Å². The van der Waals surface area contributed by atoms with E-state index >= 15 is 0 Å². The molecule has 0 aliphatic carbocycles. The fourth-order valence-electron chi connectivity index (χ4n) is 3.29. The summed E-state index contributed by atoms with van der Waals surface area (Å²) >= 11 is 12.2.